The number of hydrogen-bond donors (Lipinski definition) is 1. The molecule has 72 valence electrons. The van der Waals surface area contributed by atoms with E-state index in [0.29, 0.717) is 6.42 Å². The molecule has 0 radical (unpaired) electrons. The van der Waals surface area contributed by atoms with Crippen molar-refractivity contribution in [3.63, 3.8) is 0 Å². The Hall–Kier alpha value is -1.00. The first-order chi connectivity index (χ1) is 6.31. The van der Waals surface area contributed by atoms with Crippen molar-refractivity contribution in [3.05, 3.63) is 24.3 Å². The third kappa shape index (κ3) is 8.91. The molecule has 0 rings (SSSR count). The van der Waals surface area contributed by atoms with Gasteiger partial charge in [0.05, 0.1) is 0 Å². The molecule has 0 aromatic heterocycles. The Morgan fingerprint density at radius 1 is 1.23 bits per heavy atom. The highest BCUT2D eigenvalue weighted by atomic mass is 16.3. The lowest BCUT2D eigenvalue weighted by Gasteiger charge is -1.97. The molecule has 0 aliphatic heterocycles. The first-order valence-electron chi connectivity index (χ1n) is 4.71. The number of aliphatic hydroxyl groups is 1. The maximum Gasteiger partial charge on any atom is 0.114 e. The predicted octanol–water partition coefficient (Wildman–Crippen LogP) is 2.67. The van der Waals surface area contributed by atoms with Crippen LogP contribution in [0.15, 0.2) is 24.3 Å². The summed E-state index contributed by atoms with van der Waals surface area (Å²) in [4.78, 5) is 0. The van der Waals surface area contributed by atoms with Crippen molar-refractivity contribution < 1.29 is 5.11 Å². The topological polar surface area (TPSA) is 20.2 Å². The van der Waals surface area contributed by atoms with Crippen LogP contribution >= 0.6 is 0 Å². The van der Waals surface area contributed by atoms with Crippen LogP contribution in [0.25, 0.3) is 0 Å². The van der Waals surface area contributed by atoms with E-state index in [1.165, 1.54) is 0 Å². The molecule has 1 unspecified atom stereocenters. The minimum absolute atomic E-state index is 0.583. The third-order valence-corrected chi connectivity index (χ3v) is 1.70. The van der Waals surface area contributed by atoms with Crippen molar-refractivity contribution >= 4 is 0 Å². The largest absolute Gasteiger partial charge is 0.380 e. The minimum atomic E-state index is -0.583. The molecule has 1 heteroatoms. The lowest BCUT2D eigenvalue weighted by atomic mass is 10.2. The van der Waals surface area contributed by atoms with Gasteiger partial charge in [-0.3, -0.25) is 0 Å². The highest BCUT2D eigenvalue weighted by Crippen LogP contribution is 1.99. The Balaban J connectivity index is 3.27. The molecule has 1 N–H and O–H groups in total. The Morgan fingerprint density at radius 3 is 2.46 bits per heavy atom. The van der Waals surface area contributed by atoms with Crippen LogP contribution in [0.5, 0.6) is 0 Å². The van der Waals surface area contributed by atoms with Crippen LogP contribution < -0.4 is 0 Å². The van der Waals surface area contributed by atoms with E-state index in [1.54, 1.807) is 0 Å². The minimum Gasteiger partial charge on any atom is -0.380 e. The summed E-state index contributed by atoms with van der Waals surface area (Å²) in [6, 6.07) is 0. The molecule has 0 aromatic rings. The molecule has 1 nitrogen and oxygen atoms in total. The monoisotopic (exact) mass is 178 g/mol. The number of aliphatic hydroxyl groups excluding tert-OH is 1. The Kier molecular flexibility index (Phi) is 8.39. The second-order valence-electron chi connectivity index (χ2n) is 2.88. The molecule has 0 saturated carbocycles. The smallest absolute Gasteiger partial charge is 0.114 e. The second kappa shape index (κ2) is 9.09. The zero-order valence-electron chi connectivity index (χ0n) is 8.24. The molecule has 0 fully saturated rings. The SMILES string of the molecule is C#CC(O)CCC=CCCC=CC. The van der Waals surface area contributed by atoms with Crippen LogP contribution in [0.2, 0.25) is 0 Å². The van der Waals surface area contributed by atoms with Crippen LogP contribution in [0.3, 0.4) is 0 Å². The summed E-state index contributed by atoms with van der Waals surface area (Å²) in [6.45, 7) is 2.02. The van der Waals surface area contributed by atoms with Crippen LogP contribution in [-0.2, 0) is 0 Å². The lowest BCUT2D eigenvalue weighted by molar-refractivity contribution is 0.223. The number of rotatable bonds is 6. The molecule has 0 aromatic carbocycles. The summed E-state index contributed by atoms with van der Waals surface area (Å²) in [5, 5.41) is 9.02. The van der Waals surface area contributed by atoms with E-state index in [9.17, 15) is 0 Å². The quantitative estimate of drug-likeness (QED) is 0.376. The van der Waals surface area contributed by atoms with E-state index < -0.39 is 6.10 Å². The zero-order valence-corrected chi connectivity index (χ0v) is 8.24. The van der Waals surface area contributed by atoms with Gasteiger partial charge in [0.2, 0.25) is 0 Å². The molecule has 0 saturated heterocycles. The highest BCUT2D eigenvalue weighted by Gasteiger charge is 1.93. The number of terminal acetylenes is 1. The normalized spacial score (nSPS) is 13.6. The van der Waals surface area contributed by atoms with Crippen molar-refractivity contribution in [1.82, 2.24) is 0 Å². The van der Waals surface area contributed by atoms with Gasteiger partial charge in [0.15, 0.2) is 0 Å². The van der Waals surface area contributed by atoms with Crippen LogP contribution in [-0.4, -0.2) is 11.2 Å². The molecular weight excluding hydrogens is 160 g/mol. The van der Waals surface area contributed by atoms with Crippen LogP contribution in [0.1, 0.15) is 32.6 Å². The molecule has 13 heavy (non-hydrogen) atoms. The number of unbranched alkanes of at least 4 members (excludes halogenated alkanes) is 1. The van der Waals surface area contributed by atoms with Crippen LogP contribution in [0, 0.1) is 12.3 Å². The Morgan fingerprint density at radius 2 is 1.85 bits per heavy atom. The molecule has 0 bridgehead atoms. The summed E-state index contributed by atoms with van der Waals surface area (Å²) >= 11 is 0. The van der Waals surface area contributed by atoms with Gasteiger partial charge in [0.25, 0.3) is 0 Å². The summed E-state index contributed by atoms with van der Waals surface area (Å²) in [7, 11) is 0. The molecule has 0 heterocycles. The molecule has 1 atom stereocenters. The maximum atomic E-state index is 9.02. The van der Waals surface area contributed by atoms with Gasteiger partial charge in [-0.1, -0.05) is 30.2 Å². The third-order valence-electron chi connectivity index (χ3n) is 1.70. The van der Waals surface area contributed by atoms with Gasteiger partial charge in [-0.15, -0.1) is 6.42 Å². The summed E-state index contributed by atoms with van der Waals surface area (Å²) in [5.41, 5.74) is 0. The van der Waals surface area contributed by atoms with E-state index in [2.05, 4.69) is 30.2 Å². The van der Waals surface area contributed by atoms with Crippen molar-refractivity contribution in [3.8, 4) is 12.3 Å². The fraction of sp³-hybridized carbons (Fsp3) is 0.500. The van der Waals surface area contributed by atoms with Gasteiger partial charge in [-0.2, -0.15) is 0 Å². The number of allylic oxidation sites excluding steroid dienone is 4. The predicted molar refractivity (Wildman–Crippen MR) is 57.3 cm³/mol. The van der Waals surface area contributed by atoms with E-state index in [0.717, 1.165) is 19.3 Å². The fourth-order valence-electron chi connectivity index (χ4n) is 0.932. The van der Waals surface area contributed by atoms with E-state index in [-0.39, 0.29) is 0 Å². The van der Waals surface area contributed by atoms with Gasteiger partial charge in [0, 0.05) is 0 Å². The lowest BCUT2D eigenvalue weighted by Crippen LogP contribution is -2.00. The van der Waals surface area contributed by atoms with Gasteiger partial charge < -0.3 is 5.11 Å². The van der Waals surface area contributed by atoms with Gasteiger partial charge in [0.1, 0.15) is 6.10 Å². The van der Waals surface area contributed by atoms with Crippen molar-refractivity contribution in [2.24, 2.45) is 0 Å². The van der Waals surface area contributed by atoms with Gasteiger partial charge in [-0.25, -0.2) is 0 Å². The highest BCUT2D eigenvalue weighted by molar-refractivity contribution is 4.95. The molecular formula is C12H18O. The van der Waals surface area contributed by atoms with E-state index in [1.807, 2.05) is 6.92 Å². The Bertz CT molecular complexity index is 196. The molecule has 0 aliphatic carbocycles. The van der Waals surface area contributed by atoms with Gasteiger partial charge in [-0.05, 0) is 32.6 Å². The van der Waals surface area contributed by atoms with Crippen molar-refractivity contribution in [2.45, 2.75) is 38.7 Å². The summed E-state index contributed by atoms with van der Waals surface area (Å²) in [5.74, 6) is 2.29. The standard InChI is InChI=1S/C12H18O/c1-3-5-6-7-8-9-10-11-12(13)4-2/h2-3,5,8-9,12-13H,6-7,10-11H2,1H3. The first kappa shape index (κ1) is 12.0. The average Bonchev–Trinajstić information content (AvgIpc) is 2.16. The average molecular weight is 178 g/mol. The molecule has 0 spiro atoms. The zero-order chi connectivity index (χ0) is 9.94. The maximum absolute atomic E-state index is 9.02. The fourth-order valence-corrected chi connectivity index (χ4v) is 0.932. The second-order valence-corrected chi connectivity index (χ2v) is 2.88. The first-order valence-corrected chi connectivity index (χ1v) is 4.71. The molecule has 0 aliphatic rings. The van der Waals surface area contributed by atoms with Crippen LogP contribution in [0.4, 0.5) is 0 Å². The van der Waals surface area contributed by atoms with E-state index in [4.69, 9.17) is 11.5 Å². The Labute approximate surface area is 81.2 Å². The van der Waals surface area contributed by atoms with E-state index >= 15 is 0 Å². The summed E-state index contributed by atoms with van der Waals surface area (Å²) < 4.78 is 0. The van der Waals surface area contributed by atoms with Crippen molar-refractivity contribution in [1.29, 1.82) is 0 Å². The molecule has 0 amide bonds. The number of hydrogen-bond acceptors (Lipinski definition) is 1. The van der Waals surface area contributed by atoms with Gasteiger partial charge >= 0.3 is 0 Å². The summed E-state index contributed by atoms with van der Waals surface area (Å²) in [6.07, 6.45) is 16.5. The van der Waals surface area contributed by atoms with Crippen molar-refractivity contribution in [2.75, 3.05) is 0 Å².